The number of amides is 2. The van der Waals surface area contributed by atoms with E-state index in [9.17, 15) is 9.59 Å². The summed E-state index contributed by atoms with van der Waals surface area (Å²) >= 11 is 5.90. The summed E-state index contributed by atoms with van der Waals surface area (Å²) < 4.78 is 11.2. The van der Waals surface area contributed by atoms with Crippen LogP contribution in [0.3, 0.4) is 0 Å². The summed E-state index contributed by atoms with van der Waals surface area (Å²) in [7, 11) is 0. The van der Waals surface area contributed by atoms with Gasteiger partial charge < -0.3 is 19.7 Å². The Kier molecular flexibility index (Phi) is 4.90. The Labute approximate surface area is 162 Å². The van der Waals surface area contributed by atoms with Crippen LogP contribution in [0.4, 0.5) is 11.4 Å². The quantitative estimate of drug-likeness (QED) is 0.820. The van der Waals surface area contributed by atoms with Crippen molar-refractivity contribution in [1.29, 1.82) is 0 Å². The molecule has 1 unspecified atom stereocenters. The highest BCUT2D eigenvalue weighted by Gasteiger charge is 2.37. The largest absolute Gasteiger partial charge is 0.490 e. The number of benzene rings is 2. The van der Waals surface area contributed by atoms with Gasteiger partial charge in [0.15, 0.2) is 11.5 Å². The number of nitrogens with zero attached hydrogens (tertiary/aromatic N) is 1. The molecule has 2 aliphatic heterocycles. The molecule has 0 spiro atoms. The zero-order valence-corrected chi connectivity index (χ0v) is 15.4. The summed E-state index contributed by atoms with van der Waals surface area (Å²) in [5, 5.41) is 3.43. The van der Waals surface area contributed by atoms with Gasteiger partial charge in [0, 0.05) is 35.4 Å². The molecule has 2 aromatic rings. The van der Waals surface area contributed by atoms with Crippen molar-refractivity contribution in [3.63, 3.8) is 0 Å². The van der Waals surface area contributed by atoms with Crippen molar-refractivity contribution < 1.29 is 19.1 Å². The average molecular weight is 387 g/mol. The van der Waals surface area contributed by atoms with Crippen molar-refractivity contribution in [1.82, 2.24) is 0 Å². The molecule has 1 saturated heterocycles. The average Bonchev–Trinajstić information content (AvgIpc) is 2.90. The molecule has 1 atom stereocenters. The van der Waals surface area contributed by atoms with Gasteiger partial charge in [-0.15, -0.1) is 0 Å². The second kappa shape index (κ2) is 7.48. The van der Waals surface area contributed by atoms with Gasteiger partial charge in [-0.05, 0) is 42.8 Å². The summed E-state index contributed by atoms with van der Waals surface area (Å²) in [6, 6.07) is 12.3. The summed E-state index contributed by atoms with van der Waals surface area (Å²) in [6.45, 7) is 1.68. The Morgan fingerprint density at radius 2 is 1.81 bits per heavy atom. The first-order valence-electron chi connectivity index (χ1n) is 8.89. The van der Waals surface area contributed by atoms with Crippen LogP contribution < -0.4 is 19.7 Å². The number of nitrogens with one attached hydrogen (secondary N) is 1. The van der Waals surface area contributed by atoms with E-state index in [1.165, 1.54) is 0 Å². The van der Waals surface area contributed by atoms with Crippen LogP contribution in [-0.2, 0) is 9.59 Å². The molecule has 2 heterocycles. The van der Waals surface area contributed by atoms with E-state index < -0.39 is 5.92 Å². The molecule has 2 amide bonds. The highest BCUT2D eigenvalue weighted by Crippen LogP contribution is 2.33. The number of fused-ring (bicyclic) bond motifs is 1. The minimum atomic E-state index is -0.711. The summed E-state index contributed by atoms with van der Waals surface area (Å²) in [5.74, 6) is 0.0361. The SMILES string of the molecule is O=C(Nc1ccc2c(c1)OCCCO2)C1CCN(c2ccc(Cl)cc2)C1=O. The fourth-order valence-corrected chi connectivity index (χ4v) is 3.40. The van der Waals surface area contributed by atoms with Crippen LogP contribution in [0, 0.1) is 5.92 Å². The standard InChI is InChI=1S/C20H19ClN2O4/c21-13-2-5-15(6-3-13)23-9-8-16(20(23)25)19(24)22-14-4-7-17-18(12-14)27-11-1-10-26-17/h2-7,12,16H,1,8-11H2,(H,22,24). The monoisotopic (exact) mass is 386 g/mol. The molecule has 0 bridgehead atoms. The molecule has 1 fully saturated rings. The van der Waals surface area contributed by atoms with Crippen molar-refractivity contribution in [2.45, 2.75) is 12.8 Å². The van der Waals surface area contributed by atoms with Gasteiger partial charge in [-0.1, -0.05) is 11.6 Å². The topological polar surface area (TPSA) is 67.9 Å². The van der Waals surface area contributed by atoms with Gasteiger partial charge in [0.2, 0.25) is 11.8 Å². The summed E-state index contributed by atoms with van der Waals surface area (Å²) in [5.41, 5.74) is 1.33. The molecule has 2 aromatic carbocycles. The van der Waals surface area contributed by atoms with E-state index in [4.69, 9.17) is 21.1 Å². The Bertz CT molecular complexity index is 869. The maximum atomic E-state index is 12.7. The van der Waals surface area contributed by atoms with Gasteiger partial charge in [-0.2, -0.15) is 0 Å². The van der Waals surface area contributed by atoms with E-state index in [2.05, 4.69) is 5.32 Å². The Morgan fingerprint density at radius 1 is 1.07 bits per heavy atom. The lowest BCUT2D eigenvalue weighted by atomic mass is 10.1. The maximum Gasteiger partial charge on any atom is 0.239 e. The summed E-state index contributed by atoms with van der Waals surface area (Å²) in [6.07, 6.45) is 1.28. The molecule has 7 heteroatoms. The highest BCUT2D eigenvalue weighted by atomic mass is 35.5. The number of halogens is 1. The van der Waals surface area contributed by atoms with E-state index in [1.807, 2.05) is 0 Å². The van der Waals surface area contributed by atoms with Crippen molar-refractivity contribution in [2.24, 2.45) is 5.92 Å². The molecule has 6 nitrogen and oxygen atoms in total. The fraction of sp³-hybridized carbons (Fsp3) is 0.300. The van der Waals surface area contributed by atoms with Crippen LogP contribution in [0.1, 0.15) is 12.8 Å². The molecular formula is C20H19ClN2O4. The zero-order valence-electron chi connectivity index (χ0n) is 14.6. The van der Waals surface area contributed by atoms with Crippen LogP contribution in [0.15, 0.2) is 42.5 Å². The first-order valence-corrected chi connectivity index (χ1v) is 9.27. The van der Waals surface area contributed by atoms with Gasteiger partial charge in [-0.25, -0.2) is 0 Å². The van der Waals surface area contributed by atoms with E-state index in [0.29, 0.717) is 48.4 Å². The lowest BCUT2D eigenvalue weighted by Crippen LogP contribution is -2.33. The number of rotatable bonds is 3. The zero-order chi connectivity index (χ0) is 18.8. The number of hydrogen-bond acceptors (Lipinski definition) is 4. The molecule has 0 radical (unpaired) electrons. The number of anilines is 2. The van der Waals surface area contributed by atoms with Crippen LogP contribution >= 0.6 is 11.6 Å². The second-order valence-corrected chi connectivity index (χ2v) is 6.95. The van der Waals surface area contributed by atoms with Crippen LogP contribution in [0.25, 0.3) is 0 Å². The Hall–Kier alpha value is -2.73. The van der Waals surface area contributed by atoms with Crippen molar-refractivity contribution in [3.8, 4) is 11.5 Å². The molecule has 0 aromatic heterocycles. The highest BCUT2D eigenvalue weighted by molar-refractivity contribution is 6.30. The molecular weight excluding hydrogens is 368 g/mol. The predicted octanol–water partition coefficient (Wildman–Crippen LogP) is 3.49. The van der Waals surface area contributed by atoms with Crippen molar-refractivity contribution in [3.05, 3.63) is 47.5 Å². The lowest BCUT2D eigenvalue weighted by molar-refractivity contribution is -0.129. The fourth-order valence-electron chi connectivity index (χ4n) is 3.27. The van der Waals surface area contributed by atoms with Gasteiger partial charge in [0.05, 0.1) is 13.2 Å². The van der Waals surface area contributed by atoms with Crippen LogP contribution in [0.2, 0.25) is 5.02 Å². The molecule has 0 aliphatic carbocycles. The second-order valence-electron chi connectivity index (χ2n) is 6.51. The third kappa shape index (κ3) is 3.71. The van der Waals surface area contributed by atoms with Crippen molar-refractivity contribution >= 4 is 34.8 Å². The molecule has 27 heavy (non-hydrogen) atoms. The maximum absolute atomic E-state index is 12.7. The smallest absolute Gasteiger partial charge is 0.239 e. The molecule has 140 valence electrons. The first-order chi connectivity index (χ1) is 13.1. The lowest BCUT2D eigenvalue weighted by Gasteiger charge is -2.17. The normalized spacial score (nSPS) is 18.9. The molecule has 1 N–H and O–H groups in total. The summed E-state index contributed by atoms with van der Waals surface area (Å²) in [4.78, 5) is 26.9. The minimum Gasteiger partial charge on any atom is -0.490 e. The van der Waals surface area contributed by atoms with Gasteiger partial charge >= 0.3 is 0 Å². The van der Waals surface area contributed by atoms with E-state index in [-0.39, 0.29) is 11.8 Å². The third-order valence-corrected chi connectivity index (χ3v) is 4.93. The minimum absolute atomic E-state index is 0.204. The number of hydrogen-bond donors (Lipinski definition) is 1. The Balaban J connectivity index is 1.45. The van der Waals surface area contributed by atoms with Gasteiger partial charge in [0.25, 0.3) is 0 Å². The van der Waals surface area contributed by atoms with Crippen LogP contribution in [-0.4, -0.2) is 31.6 Å². The molecule has 2 aliphatic rings. The van der Waals surface area contributed by atoms with Gasteiger partial charge in [-0.3, -0.25) is 9.59 Å². The van der Waals surface area contributed by atoms with E-state index >= 15 is 0 Å². The van der Waals surface area contributed by atoms with Crippen LogP contribution in [0.5, 0.6) is 11.5 Å². The van der Waals surface area contributed by atoms with E-state index in [1.54, 1.807) is 47.4 Å². The molecule has 0 saturated carbocycles. The first kappa shape index (κ1) is 17.7. The number of carbonyl (C=O) groups excluding carboxylic acids is 2. The number of carbonyl (C=O) groups is 2. The Morgan fingerprint density at radius 3 is 2.59 bits per heavy atom. The predicted molar refractivity (Wildman–Crippen MR) is 103 cm³/mol. The molecule has 4 rings (SSSR count). The number of ether oxygens (including phenoxy) is 2. The van der Waals surface area contributed by atoms with Gasteiger partial charge in [0.1, 0.15) is 5.92 Å². The van der Waals surface area contributed by atoms with E-state index in [0.717, 1.165) is 12.1 Å². The van der Waals surface area contributed by atoms with Crippen molar-refractivity contribution in [2.75, 3.05) is 30.0 Å². The third-order valence-electron chi connectivity index (χ3n) is 4.68.